The van der Waals surface area contributed by atoms with E-state index in [9.17, 15) is 0 Å². The molecule has 0 bridgehead atoms. The number of nitrogens with zero attached hydrogens (tertiary/aromatic N) is 3. The predicted octanol–water partition coefficient (Wildman–Crippen LogP) is 3.33. The molecule has 0 spiro atoms. The first kappa shape index (κ1) is 25.2. The molecule has 0 aliphatic carbocycles. The molecule has 0 amide bonds. The Kier molecular flexibility index (Phi) is 13.0. The van der Waals surface area contributed by atoms with Crippen LogP contribution in [0.15, 0.2) is 53.7 Å². The summed E-state index contributed by atoms with van der Waals surface area (Å²) in [5.41, 5.74) is 2.19. The fourth-order valence-electron chi connectivity index (χ4n) is 2.87. The van der Waals surface area contributed by atoms with Crippen molar-refractivity contribution in [3.05, 3.63) is 59.9 Å². The lowest BCUT2D eigenvalue weighted by Crippen LogP contribution is -2.38. The number of halogens is 1. The van der Waals surface area contributed by atoms with Gasteiger partial charge in [-0.05, 0) is 31.3 Å². The van der Waals surface area contributed by atoms with Crippen LogP contribution >= 0.6 is 24.0 Å². The molecule has 2 N–H and O–H groups in total. The number of rotatable bonds is 11. The third-order valence-corrected chi connectivity index (χ3v) is 4.60. The van der Waals surface area contributed by atoms with Gasteiger partial charge < -0.3 is 20.3 Å². The molecule has 0 unspecified atom stereocenters. The van der Waals surface area contributed by atoms with Crippen molar-refractivity contribution in [1.82, 2.24) is 20.5 Å². The Morgan fingerprint density at radius 3 is 2.52 bits per heavy atom. The molecule has 1 aromatic heterocycles. The smallest absolute Gasteiger partial charge is 0.191 e. The summed E-state index contributed by atoms with van der Waals surface area (Å²) in [5.74, 6) is 1.69. The number of hydrogen-bond acceptors (Lipinski definition) is 4. The van der Waals surface area contributed by atoms with E-state index < -0.39 is 0 Å². The van der Waals surface area contributed by atoms with E-state index in [4.69, 9.17) is 4.74 Å². The number of guanidine groups is 1. The van der Waals surface area contributed by atoms with Crippen molar-refractivity contribution in [2.45, 2.75) is 26.8 Å². The Bertz CT molecular complexity index is 707. The highest BCUT2D eigenvalue weighted by Gasteiger charge is 2.06. The number of para-hydroxylation sites is 1. The molecule has 7 heteroatoms. The van der Waals surface area contributed by atoms with Crippen molar-refractivity contribution in [1.29, 1.82) is 0 Å². The molecule has 29 heavy (non-hydrogen) atoms. The number of hydrogen-bond donors (Lipinski definition) is 2. The monoisotopic (exact) mass is 511 g/mol. The van der Waals surface area contributed by atoms with Crippen molar-refractivity contribution in [2.75, 3.05) is 39.8 Å². The Balaban J connectivity index is 0.00000420. The second-order valence-corrected chi connectivity index (χ2v) is 6.41. The van der Waals surface area contributed by atoms with Gasteiger partial charge in [-0.3, -0.25) is 9.98 Å². The van der Waals surface area contributed by atoms with E-state index in [1.807, 2.05) is 42.6 Å². The van der Waals surface area contributed by atoms with E-state index in [1.165, 1.54) is 0 Å². The van der Waals surface area contributed by atoms with E-state index in [2.05, 4.69) is 45.4 Å². The normalized spacial score (nSPS) is 11.1. The van der Waals surface area contributed by atoms with Gasteiger partial charge in [-0.15, -0.1) is 24.0 Å². The van der Waals surface area contributed by atoms with Gasteiger partial charge in [0.2, 0.25) is 0 Å². The molecule has 160 valence electrons. The molecule has 6 nitrogen and oxygen atoms in total. The predicted molar refractivity (Wildman–Crippen MR) is 131 cm³/mol. The molecule has 0 aliphatic heterocycles. The van der Waals surface area contributed by atoms with E-state index in [0.29, 0.717) is 13.2 Å². The van der Waals surface area contributed by atoms with Gasteiger partial charge in [0, 0.05) is 50.6 Å². The van der Waals surface area contributed by atoms with E-state index >= 15 is 0 Å². The third kappa shape index (κ3) is 9.45. The molecule has 1 heterocycles. The summed E-state index contributed by atoms with van der Waals surface area (Å²) < 4.78 is 6.03. The largest absolute Gasteiger partial charge is 0.492 e. The fraction of sp³-hybridized carbons (Fsp3) is 0.455. The summed E-state index contributed by atoms with van der Waals surface area (Å²) in [7, 11) is 1.78. The quantitative estimate of drug-likeness (QED) is 0.276. The average Bonchev–Trinajstić information content (AvgIpc) is 2.75. The number of aromatic nitrogens is 1. The highest BCUT2D eigenvalue weighted by atomic mass is 127. The maximum absolute atomic E-state index is 6.03. The molecular formula is C22H34IN5O. The first-order chi connectivity index (χ1) is 13.8. The topological polar surface area (TPSA) is 61.8 Å². The van der Waals surface area contributed by atoms with Crippen LogP contribution in [0.5, 0.6) is 5.75 Å². The first-order valence-electron chi connectivity index (χ1n) is 10.0. The molecule has 2 rings (SSSR count). The van der Waals surface area contributed by atoms with E-state index in [1.54, 1.807) is 7.05 Å². The molecule has 0 saturated heterocycles. The zero-order valence-electron chi connectivity index (χ0n) is 17.7. The second-order valence-electron chi connectivity index (χ2n) is 6.41. The minimum Gasteiger partial charge on any atom is -0.492 e. The lowest BCUT2D eigenvalue weighted by atomic mass is 10.2. The third-order valence-electron chi connectivity index (χ3n) is 4.60. The Morgan fingerprint density at radius 1 is 1.07 bits per heavy atom. The van der Waals surface area contributed by atoms with Crippen LogP contribution in [0, 0.1) is 0 Å². The second kappa shape index (κ2) is 15.0. The summed E-state index contributed by atoms with van der Waals surface area (Å²) in [6.07, 6.45) is 2.67. The zero-order chi connectivity index (χ0) is 20.0. The fourth-order valence-corrected chi connectivity index (χ4v) is 2.87. The molecule has 1 aromatic carbocycles. The average molecular weight is 511 g/mol. The van der Waals surface area contributed by atoms with Gasteiger partial charge in [0.1, 0.15) is 12.4 Å². The van der Waals surface area contributed by atoms with Crippen LogP contribution in [-0.4, -0.2) is 55.7 Å². The van der Waals surface area contributed by atoms with E-state index in [-0.39, 0.29) is 24.0 Å². The Labute approximate surface area is 192 Å². The Morgan fingerprint density at radius 2 is 1.83 bits per heavy atom. The summed E-state index contributed by atoms with van der Waals surface area (Å²) in [6.45, 7) is 9.50. The molecule has 0 saturated carbocycles. The van der Waals surface area contributed by atoms with Crippen molar-refractivity contribution in [3.63, 3.8) is 0 Å². The van der Waals surface area contributed by atoms with Crippen LogP contribution in [-0.2, 0) is 13.0 Å². The highest BCUT2D eigenvalue weighted by molar-refractivity contribution is 14.0. The van der Waals surface area contributed by atoms with E-state index in [0.717, 1.165) is 55.6 Å². The number of aliphatic imine (C=N–C) groups is 1. The summed E-state index contributed by atoms with van der Waals surface area (Å²) >= 11 is 0. The SMILES string of the molecule is CCN(CC)CCOc1ccccc1CNC(=NC)NCCc1ccccn1.I. The zero-order valence-corrected chi connectivity index (χ0v) is 20.1. The summed E-state index contributed by atoms with van der Waals surface area (Å²) in [4.78, 5) is 11.0. The van der Waals surface area contributed by atoms with Crippen molar-refractivity contribution < 1.29 is 4.74 Å². The minimum atomic E-state index is 0. The molecule has 0 atom stereocenters. The van der Waals surface area contributed by atoms with Crippen LogP contribution in [0.4, 0.5) is 0 Å². The minimum absolute atomic E-state index is 0. The van der Waals surface area contributed by atoms with Gasteiger partial charge in [-0.25, -0.2) is 0 Å². The highest BCUT2D eigenvalue weighted by Crippen LogP contribution is 2.17. The lowest BCUT2D eigenvalue weighted by Gasteiger charge is -2.19. The van der Waals surface area contributed by atoms with Gasteiger partial charge >= 0.3 is 0 Å². The van der Waals surface area contributed by atoms with Gasteiger partial charge in [0.15, 0.2) is 5.96 Å². The van der Waals surface area contributed by atoms with Crippen molar-refractivity contribution in [2.24, 2.45) is 4.99 Å². The molecule has 2 aromatic rings. The Hall–Kier alpha value is -1.87. The maximum atomic E-state index is 6.03. The summed E-state index contributed by atoms with van der Waals surface area (Å²) in [5, 5.41) is 6.69. The van der Waals surface area contributed by atoms with Crippen molar-refractivity contribution in [3.8, 4) is 5.75 Å². The number of ether oxygens (including phenoxy) is 1. The molecule has 0 radical (unpaired) electrons. The number of benzene rings is 1. The standard InChI is InChI=1S/C22H33N5O.HI/c1-4-27(5-2)16-17-28-21-12-7-6-10-19(21)18-26-22(23-3)25-15-13-20-11-8-9-14-24-20;/h6-12,14H,4-5,13,15-18H2,1-3H3,(H2,23,25,26);1H. The lowest BCUT2D eigenvalue weighted by molar-refractivity contribution is 0.221. The first-order valence-corrected chi connectivity index (χ1v) is 10.0. The van der Waals surface area contributed by atoms with Gasteiger partial charge in [0.05, 0.1) is 0 Å². The number of pyridine rings is 1. The molecule has 0 fully saturated rings. The number of nitrogens with one attached hydrogen (secondary N) is 2. The number of likely N-dealkylation sites (N-methyl/N-ethyl adjacent to an activating group) is 1. The van der Waals surface area contributed by atoms with Gasteiger partial charge in [-0.1, -0.05) is 38.1 Å². The van der Waals surface area contributed by atoms with Crippen LogP contribution in [0.25, 0.3) is 0 Å². The van der Waals surface area contributed by atoms with Crippen LogP contribution < -0.4 is 15.4 Å². The van der Waals surface area contributed by atoms with Gasteiger partial charge in [-0.2, -0.15) is 0 Å². The summed E-state index contributed by atoms with van der Waals surface area (Å²) in [6, 6.07) is 14.1. The molecule has 0 aliphatic rings. The van der Waals surface area contributed by atoms with Gasteiger partial charge in [0.25, 0.3) is 0 Å². The van der Waals surface area contributed by atoms with Crippen LogP contribution in [0.1, 0.15) is 25.1 Å². The molecular weight excluding hydrogens is 477 g/mol. The van der Waals surface area contributed by atoms with Crippen LogP contribution in [0.3, 0.4) is 0 Å². The van der Waals surface area contributed by atoms with Crippen molar-refractivity contribution >= 4 is 29.9 Å². The van der Waals surface area contributed by atoms with Crippen LogP contribution in [0.2, 0.25) is 0 Å². The maximum Gasteiger partial charge on any atom is 0.191 e.